The third kappa shape index (κ3) is 3.45. The van der Waals surface area contributed by atoms with Crippen LogP contribution in [-0.4, -0.2) is 4.92 Å². The molecule has 0 bridgehead atoms. The summed E-state index contributed by atoms with van der Waals surface area (Å²) in [6, 6.07) is 11.4. The molecule has 0 atom stereocenters. The maximum absolute atomic E-state index is 10.6. The van der Waals surface area contributed by atoms with Crippen molar-refractivity contribution in [2.45, 2.75) is 5.88 Å². The van der Waals surface area contributed by atoms with Gasteiger partial charge >= 0.3 is 0 Å². The molecule has 0 spiro atoms. The molecule has 0 aliphatic heterocycles. The Balaban J connectivity index is 2.23. The first-order valence-electron chi connectivity index (χ1n) is 5.37. The number of nitro benzene ring substituents is 1. The van der Waals surface area contributed by atoms with E-state index in [2.05, 4.69) is 15.9 Å². The smallest absolute Gasteiger partial charge is 0.269 e. The van der Waals surface area contributed by atoms with Crippen LogP contribution in [0.15, 0.2) is 46.9 Å². The highest BCUT2D eigenvalue weighted by molar-refractivity contribution is 9.10. The van der Waals surface area contributed by atoms with Gasteiger partial charge in [-0.25, -0.2) is 0 Å². The van der Waals surface area contributed by atoms with E-state index in [0.29, 0.717) is 17.4 Å². The van der Waals surface area contributed by atoms with Crippen molar-refractivity contribution in [2.75, 3.05) is 0 Å². The number of non-ortho nitro benzene ring substituents is 1. The Hall–Kier alpha value is -1.59. The van der Waals surface area contributed by atoms with Crippen LogP contribution in [-0.2, 0) is 5.88 Å². The van der Waals surface area contributed by atoms with E-state index in [0.717, 1.165) is 10.0 Å². The lowest BCUT2D eigenvalue weighted by molar-refractivity contribution is -0.384. The highest BCUT2D eigenvalue weighted by atomic mass is 79.9. The maximum atomic E-state index is 10.6. The maximum Gasteiger partial charge on any atom is 0.269 e. The van der Waals surface area contributed by atoms with Crippen LogP contribution in [0.5, 0.6) is 11.5 Å². The number of alkyl halides is 1. The molecule has 0 aliphatic rings. The summed E-state index contributed by atoms with van der Waals surface area (Å²) in [7, 11) is 0. The molecule has 0 unspecified atom stereocenters. The first-order valence-corrected chi connectivity index (χ1v) is 6.69. The average Bonchev–Trinajstić information content (AvgIpc) is 2.41. The largest absolute Gasteiger partial charge is 0.457 e. The van der Waals surface area contributed by atoms with Gasteiger partial charge in [0.25, 0.3) is 5.69 Å². The zero-order chi connectivity index (χ0) is 13.8. The Bertz CT molecular complexity index is 601. The third-order valence-corrected chi connectivity index (χ3v) is 3.22. The molecule has 6 heteroatoms. The van der Waals surface area contributed by atoms with Crippen molar-refractivity contribution in [1.29, 1.82) is 0 Å². The van der Waals surface area contributed by atoms with Gasteiger partial charge in [-0.05, 0) is 30.3 Å². The zero-order valence-corrected chi connectivity index (χ0v) is 12.0. The summed E-state index contributed by atoms with van der Waals surface area (Å²) in [5.74, 6) is 1.48. The van der Waals surface area contributed by atoms with Gasteiger partial charge < -0.3 is 4.74 Å². The van der Waals surface area contributed by atoms with Gasteiger partial charge in [0.15, 0.2) is 0 Å². The highest BCUT2D eigenvalue weighted by Crippen LogP contribution is 2.30. The predicted molar refractivity (Wildman–Crippen MR) is 76.9 cm³/mol. The topological polar surface area (TPSA) is 52.4 Å². The van der Waals surface area contributed by atoms with E-state index in [4.69, 9.17) is 16.3 Å². The van der Waals surface area contributed by atoms with Gasteiger partial charge in [0, 0.05) is 22.2 Å². The summed E-state index contributed by atoms with van der Waals surface area (Å²) in [4.78, 5) is 10.1. The highest BCUT2D eigenvalue weighted by Gasteiger charge is 2.08. The molecular weight excluding hydrogens is 334 g/mol. The van der Waals surface area contributed by atoms with Crippen molar-refractivity contribution in [3.05, 3.63) is 62.6 Å². The molecule has 0 saturated heterocycles. The Kier molecular flexibility index (Phi) is 4.39. The number of nitro groups is 1. The van der Waals surface area contributed by atoms with Crippen LogP contribution in [0.1, 0.15) is 5.56 Å². The quantitative estimate of drug-likeness (QED) is 0.451. The minimum absolute atomic E-state index is 0.0284. The second-order valence-electron chi connectivity index (χ2n) is 3.74. The zero-order valence-electron chi connectivity index (χ0n) is 9.68. The fraction of sp³-hybridized carbons (Fsp3) is 0.0769. The van der Waals surface area contributed by atoms with Gasteiger partial charge in [-0.1, -0.05) is 15.9 Å². The van der Waals surface area contributed by atoms with Gasteiger partial charge in [0.05, 0.1) is 10.8 Å². The Morgan fingerprint density at radius 2 is 1.89 bits per heavy atom. The fourth-order valence-electron chi connectivity index (χ4n) is 1.51. The van der Waals surface area contributed by atoms with E-state index in [9.17, 15) is 10.1 Å². The van der Waals surface area contributed by atoms with Gasteiger partial charge in [-0.15, -0.1) is 11.6 Å². The van der Waals surface area contributed by atoms with E-state index >= 15 is 0 Å². The molecule has 0 aliphatic carbocycles. The first kappa shape index (κ1) is 13.8. The molecule has 2 aromatic carbocycles. The lowest BCUT2D eigenvalue weighted by Gasteiger charge is -2.09. The van der Waals surface area contributed by atoms with Gasteiger partial charge in [0.2, 0.25) is 0 Å². The molecule has 0 fully saturated rings. The minimum atomic E-state index is -0.451. The molecule has 0 N–H and O–H groups in total. The van der Waals surface area contributed by atoms with Crippen molar-refractivity contribution in [2.24, 2.45) is 0 Å². The Labute approximate surface area is 123 Å². The number of halogens is 2. The van der Waals surface area contributed by atoms with Gasteiger partial charge in [-0.2, -0.15) is 0 Å². The molecule has 2 rings (SSSR count). The number of rotatable bonds is 4. The van der Waals surface area contributed by atoms with Gasteiger partial charge in [-0.3, -0.25) is 10.1 Å². The van der Waals surface area contributed by atoms with Crippen LogP contribution >= 0.6 is 27.5 Å². The average molecular weight is 343 g/mol. The number of hydrogen-bond donors (Lipinski definition) is 0. The van der Waals surface area contributed by atoms with E-state index < -0.39 is 4.92 Å². The molecule has 4 nitrogen and oxygen atoms in total. The monoisotopic (exact) mass is 341 g/mol. The van der Waals surface area contributed by atoms with Crippen LogP contribution in [0.2, 0.25) is 0 Å². The lowest BCUT2D eigenvalue weighted by atomic mass is 10.2. The molecule has 98 valence electrons. The number of ether oxygens (including phenoxy) is 1. The standard InChI is InChI=1S/C13H9BrClNO3/c14-10-1-6-13(9(7-10)8-15)19-12-4-2-11(3-5-12)16(17)18/h1-7H,8H2. The van der Waals surface area contributed by atoms with Crippen LogP contribution in [0, 0.1) is 10.1 Å². The third-order valence-electron chi connectivity index (χ3n) is 2.44. The van der Waals surface area contributed by atoms with E-state index in [1.807, 2.05) is 12.1 Å². The second-order valence-corrected chi connectivity index (χ2v) is 4.92. The summed E-state index contributed by atoms with van der Waals surface area (Å²) < 4.78 is 6.58. The van der Waals surface area contributed by atoms with Crippen LogP contribution in [0.25, 0.3) is 0 Å². The molecule has 0 heterocycles. The van der Waals surface area contributed by atoms with Crippen LogP contribution in [0.3, 0.4) is 0 Å². The summed E-state index contributed by atoms with van der Waals surface area (Å²) in [5.41, 5.74) is 0.870. The second kappa shape index (κ2) is 6.04. The summed E-state index contributed by atoms with van der Waals surface area (Å²) in [5, 5.41) is 10.6. The van der Waals surface area contributed by atoms with Crippen LogP contribution in [0.4, 0.5) is 5.69 Å². The van der Waals surface area contributed by atoms with Crippen molar-refractivity contribution in [1.82, 2.24) is 0 Å². The van der Waals surface area contributed by atoms with E-state index in [1.54, 1.807) is 18.2 Å². The van der Waals surface area contributed by atoms with E-state index in [1.165, 1.54) is 12.1 Å². The van der Waals surface area contributed by atoms with Crippen molar-refractivity contribution >= 4 is 33.2 Å². The van der Waals surface area contributed by atoms with Crippen molar-refractivity contribution < 1.29 is 9.66 Å². The normalized spacial score (nSPS) is 10.2. The first-order chi connectivity index (χ1) is 9.10. The van der Waals surface area contributed by atoms with Crippen LogP contribution < -0.4 is 4.74 Å². The predicted octanol–water partition coefficient (Wildman–Crippen LogP) is 4.89. The number of nitrogens with zero attached hydrogens (tertiary/aromatic N) is 1. The fourth-order valence-corrected chi connectivity index (χ4v) is 2.13. The van der Waals surface area contributed by atoms with Crippen molar-refractivity contribution in [3.8, 4) is 11.5 Å². The number of benzene rings is 2. The molecule has 0 aromatic heterocycles. The molecule has 0 saturated carbocycles. The van der Waals surface area contributed by atoms with Gasteiger partial charge in [0.1, 0.15) is 11.5 Å². The van der Waals surface area contributed by atoms with E-state index in [-0.39, 0.29) is 5.69 Å². The molecule has 19 heavy (non-hydrogen) atoms. The molecule has 0 amide bonds. The van der Waals surface area contributed by atoms with Crippen molar-refractivity contribution in [3.63, 3.8) is 0 Å². The minimum Gasteiger partial charge on any atom is -0.457 e. The number of hydrogen-bond acceptors (Lipinski definition) is 3. The molecule has 2 aromatic rings. The Morgan fingerprint density at radius 1 is 1.21 bits per heavy atom. The SMILES string of the molecule is O=[N+]([O-])c1ccc(Oc2ccc(Br)cc2CCl)cc1. The summed E-state index contributed by atoms with van der Waals surface area (Å²) in [6.07, 6.45) is 0. The lowest BCUT2D eigenvalue weighted by Crippen LogP contribution is -1.91. The molecular formula is C13H9BrClNO3. The summed E-state index contributed by atoms with van der Waals surface area (Å²) >= 11 is 9.21. The summed E-state index contributed by atoms with van der Waals surface area (Å²) in [6.45, 7) is 0. The Morgan fingerprint density at radius 3 is 2.47 bits per heavy atom. The molecule has 0 radical (unpaired) electrons.